The van der Waals surface area contributed by atoms with Gasteiger partial charge in [-0.05, 0) is 45.3 Å². The summed E-state index contributed by atoms with van der Waals surface area (Å²) in [5, 5.41) is 1.02. The van der Waals surface area contributed by atoms with E-state index in [2.05, 4.69) is 9.88 Å². The van der Waals surface area contributed by atoms with Crippen molar-refractivity contribution in [3.05, 3.63) is 52.1 Å². The molecule has 0 spiro atoms. The fourth-order valence-corrected chi connectivity index (χ4v) is 3.96. The molecule has 0 saturated heterocycles. The zero-order valence-electron chi connectivity index (χ0n) is 17.0. The van der Waals surface area contributed by atoms with Gasteiger partial charge in [0, 0.05) is 29.9 Å². The third-order valence-electron chi connectivity index (χ3n) is 5.31. The van der Waals surface area contributed by atoms with Crippen LogP contribution in [0.3, 0.4) is 0 Å². The lowest BCUT2D eigenvalue weighted by atomic mass is 10.0. The third kappa shape index (κ3) is 2.98. The van der Waals surface area contributed by atoms with E-state index < -0.39 is 0 Å². The van der Waals surface area contributed by atoms with E-state index in [0.717, 1.165) is 18.5 Å². The van der Waals surface area contributed by atoms with Gasteiger partial charge in [-0.1, -0.05) is 0 Å². The van der Waals surface area contributed by atoms with Gasteiger partial charge in [-0.3, -0.25) is 14.6 Å². The molecule has 3 aromatic rings. The molecule has 0 radical (unpaired) electrons. The topological polar surface area (TPSA) is 73.7 Å². The number of ketones is 1. The van der Waals surface area contributed by atoms with Gasteiger partial charge in [0.05, 0.1) is 36.4 Å². The Balaban J connectivity index is 2.05. The maximum Gasteiger partial charge on any atom is 0.259 e. The molecule has 0 unspecified atom stereocenters. The first-order chi connectivity index (χ1) is 14.0. The van der Waals surface area contributed by atoms with Gasteiger partial charge in [0.25, 0.3) is 5.56 Å². The summed E-state index contributed by atoms with van der Waals surface area (Å²) >= 11 is 0. The molecule has 0 N–H and O–H groups in total. The highest BCUT2D eigenvalue weighted by atomic mass is 16.5. The van der Waals surface area contributed by atoms with Crippen LogP contribution in [0.1, 0.15) is 22.3 Å². The molecule has 7 heteroatoms. The largest absolute Gasteiger partial charge is 0.493 e. The SMILES string of the molecule is COc1cc2c3c(n(CCCN(C)C)c(=O)c2cc1OC)-c1ccncc1C3=O. The van der Waals surface area contributed by atoms with Crippen LogP contribution in [-0.2, 0) is 6.54 Å². The predicted octanol–water partition coefficient (Wildman–Crippen LogP) is 2.58. The van der Waals surface area contributed by atoms with E-state index in [0.29, 0.717) is 45.6 Å². The second-order valence-corrected chi connectivity index (χ2v) is 7.34. The van der Waals surface area contributed by atoms with Crippen molar-refractivity contribution in [2.24, 2.45) is 0 Å². The Labute approximate surface area is 168 Å². The van der Waals surface area contributed by atoms with Gasteiger partial charge in [0.15, 0.2) is 17.3 Å². The van der Waals surface area contributed by atoms with Gasteiger partial charge in [0.1, 0.15) is 0 Å². The first-order valence-electron chi connectivity index (χ1n) is 9.44. The highest BCUT2D eigenvalue weighted by Gasteiger charge is 2.33. The molecule has 7 nitrogen and oxygen atoms in total. The molecule has 2 heterocycles. The molecule has 0 saturated carbocycles. The van der Waals surface area contributed by atoms with Crippen LogP contribution in [0, 0.1) is 0 Å². The summed E-state index contributed by atoms with van der Waals surface area (Å²) in [6, 6.07) is 5.18. The molecule has 0 atom stereocenters. The number of carbonyl (C=O) groups excluding carboxylic acids is 1. The summed E-state index contributed by atoms with van der Waals surface area (Å²) in [4.78, 5) is 32.9. The molecule has 0 aliphatic heterocycles. The number of rotatable bonds is 6. The molecule has 0 amide bonds. The summed E-state index contributed by atoms with van der Waals surface area (Å²) in [5.41, 5.74) is 2.31. The molecule has 1 aromatic carbocycles. The second kappa shape index (κ2) is 7.33. The molecule has 0 bridgehead atoms. The maximum absolute atomic E-state index is 13.5. The molecule has 29 heavy (non-hydrogen) atoms. The fourth-order valence-electron chi connectivity index (χ4n) is 3.96. The molecule has 0 fully saturated rings. The zero-order chi connectivity index (χ0) is 20.7. The molecule has 1 aliphatic rings. The van der Waals surface area contributed by atoms with Crippen LogP contribution >= 0.6 is 0 Å². The quantitative estimate of drug-likeness (QED) is 0.501. The first kappa shape index (κ1) is 19.1. The monoisotopic (exact) mass is 393 g/mol. The molecule has 1 aliphatic carbocycles. The number of methoxy groups -OCH3 is 2. The zero-order valence-corrected chi connectivity index (χ0v) is 17.0. The Bertz CT molecular complexity index is 1180. The van der Waals surface area contributed by atoms with Crippen molar-refractivity contribution in [1.82, 2.24) is 14.5 Å². The minimum Gasteiger partial charge on any atom is -0.493 e. The number of hydrogen-bond donors (Lipinski definition) is 0. The van der Waals surface area contributed by atoms with Gasteiger partial charge in [-0.25, -0.2) is 0 Å². The summed E-state index contributed by atoms with van der Waals surface area (Å²) in [5.74, 6) is 0.817. The number of aromatic nitrogens is 2. The van der Waals surface area contributed by atoms with Crippen molar-refractivity contribution in [3.63, 3.8) is 0 Å². The number of fused-ring (bicyclic) bond motifs is 5. The molecular formula is C22H23N3O4. The maximum atomic E-state index is 13.5. The van der Waals surface area contributed by atoms with Crippen LogP contribution in [-0.4, -0.2) is 55.1 Å². The highest BCUT2D eigenvalue weighted by Crippen LogP contribution is 2.41. The Kier molecular flexibility index (Phi) is 4.84. The van der Waals surface area contributed by atoms with E-state index in [1.165, 1.54) is 14.2 Å². The molecular weight excluding hydrogens is 370 g/mol. The third-order valence-corrected chi connectivity index (χ3v) is 5.31. The van der Waals surface area contributed by atoms with E-state index in [1.54, 1.807) is 35.2 Å². The Hall–Kier alpha value is -3.19. The van der Waals surface area contributed by atoms with Crippen LogP contribution in [0.5, 0.6) is 11.5 Å². The van der Waals surface area contributed by atoms with E-state index in [4.69, 9.17) is 9.47 Å². The number of nitrogens with zero attached hydrogens (tertiary/aromatic N) is 3. The summed E-state index contributed by atoms with van der Waals surface area (Å²) in [6.07, 6.45) is 4.00. The Morgan fingerprint density at radius 3 is 2.38 bits per heavy atom. The van der Waals surface area contributed by atoms with E-state index in [9.17, 15) is 9.59 Å². The van der Waals surface area contributed by atoms with Gasteiger partial charge in [-0.2, -0.15) is 0 Å². The number of ether oxygens (including phenoxy) is 2. The van der Waals surface area contributed by atoms with Gasteiger partial charge < -0.3 is 18.9 Å². The number of hydrogen-bond acceptors (Lipinski definition) is 6. The minimum atomic E-state index is -0.143. The van der Waals surface area contributed by atoms with E-state index in [-0.39, 0.29) is 11.3 Å². The van der Waals surface area contributed by atoms with Crippen molar-refractivity contribution >= 4 is 16.6 Å². The minimum absolute atomic E-state index is 0.123. The van der Waals surface area contributed by atoms with Crippen LogP contribution in [0.25, 0.3) is 22.0 Å². The lowest BCUT2D eigenvalue weighted by molar-refractivity contribution is 0.104. The fraction of sp³-hybridized carbons (Fsp3) is 0.318. The lowest BCUT2D eigenvalue weighted by Crippen LogP contribution is -2.25. The normalized spacial score (nSPS) is 12.4. The number of benzene rings is 1. The van der Waals surface area contributed by atoms with Gasteiger partial charge in [-0.15, -0.1) is 0 Å². The van der Waals surface area contributed by atoms with E-state index >= 15 is 0 Å². The summed E-state index contributed by atoms with van der Waals surface area (Å²) in [6.45, 7) is 1.35. The highest BCUT2D eigenvalue weighted by molar-refractivity contribution is 6.26. The molecule has 2 aromatic heterocycles. The Morgan fingerprint density at radius 2 is 1.72 bits per heavy atom. The average Bonchev–Trinajstić information content (AvgIpc) is 3.02. The van der Waals surface area contributed by atoms with Crippen LogP contribution in [0.4, 0.5) is 0 Å². The van der Waals surface area contributed by atoms with Crippen molar-refractivity contribution in [1.29, 1.82) is 0 Å². The smallest absolute Gasteiger partial charge is 0.259 e. The predicted molar refractivity (Wildman–Crippen MR) is 111 cm³/mol. The van der Waals surface area contributed by atoms with Crippen molar-refractivity contribution < 1.29 is 14.3 Å². The first-order valence-corrected chi connectivity index (χ1v) is 9.44. The number of carbonyl (C=O) groups is 1. The van der Waals surface area contributed by atoms with Gasteiger partial charge in [0.2, 0.25) is 0 Å². The molecule has 4 rings (SSSR count). The van der Waals surface area contributed by atoms with Crippen LogP contribution in [0.15, 0.2) is 35.4 Å². The van der Waals surface area contributed by atoms with E-state index in [1.807, 2.05) is 14.1 Å². The van der Waals surface area contributed by atoms with Crippen molar-refractivity contribution in [2.75, 3.05) is 34.9 Å². The van der Waals surface area contributed by atoms with Crippen molar-refractivity contribution in [3.8, 4) is 22.8 Å². The van der Waals surface area contributed by atoms with Gasteiger partial charge >= 0.3 is 0 Å². The molecule has 150 valence electrons. The summed E-state index contributed by atoms with van der Waals surface area (Å²) in [7, 11) is 7.05. The lowest BCUT2D eigenvalue weighted by Gasteiger charge is -2.17. The second-order valence-electron chi connectivity index (χ2n) is 7.34. The van der Waals surface area contributed by atoms with Crippen LogP contribution < -0.4 is 15.0 Å². The summed E-state index contributed by atoms with van der Waals surface area (Å²) < 4.78 is 12.5. The standard InChI is InChI=1S/C22H23N3O4/c1-24(2)8-5-9-25-20-13-6-7-23-12-16(13)21(26)19(20)14-10-17(28-3)18(29-4)11-15(14)22(25)27/h6-7,10-12H,5,8-9H2,1-4H3. The average molecular weight is 393 g/mol. The number of pyridine rings is 2. The van der Waals surface area contributed by atoms with Crippen molar-refractivity contribution in [2.45, 2.75) is 13.0 Å². The van der Waals surface area contributed by atoms with Crippen LogP contribution in [0.2, 0.25) is 0 Å². The Morgan fingerprint density at radius 1 is 1.03 bits per heavy atom.